The normalized spacial score (nSPS) is 27.4. The van der Waals surface area contributed by atoms with Crippen LogP contribution in [0, 0.1) is 5.92 Å². The highest BCUT2D eigenvalue weighted by atomic mass is 32.1. The Morgan fingerprint density at radius 2 is 2.07 bits per heavy atom. The minimum atomic E-state index is -4.38. The van der Waals surface area contributed by atoms with E-state index in [1.165, 1.54) is 11.3 Å². The Hall–Kier alpha value is -2.03. The van der Waals surface area contributed by atoms with Crippen molar-refractivity contribution in [3.8, 4) is 0 Å². The maximum atomic E-state index is 13.9. The number of rotatable bonds is 3. The number of aromatic nitrogens is 2. The van der Waals surface area contributed by atoms with Gasteiger partial charge in [0.2, 0.25) is 5.91 Å². The number of halogens is 3. The standard InChI is InChI=1S/C20H23F3N4OS/c21-20(22,23)17-10-14(16-5-3-9-29-16)24-18-11-13(25-27(17)18)15-4-1-2-8-26(15)19(28)12-6-7-12/h3,5,9,11-12,14-15,17,24H,1-2,4,6-8,10H2/t14-,15-,17+/m0/s1. The van der Waals surface area contributed by atoms with Crippen LogP contribution in [0.5, 0.6) is 0 Å². The average Bonchev–Trinajstić information content (AvgIpc) is 3.23. The van der Waals surface area contributed by atoms with Gasteiger partial charge in [-0.3, -0.25) is 4.79 Å². The second-order valence-electron chi connectivity index (χ2n) is 8.22. The molecule has 2 fully saturated rings. The molecule has 1 N–H and O–H groups in total. The topological polar surface area (TPSA) is 50.2 Å². The molecule has 5 rings (SSSR count). The minimum absolute atomic E-state index is 0.0898. The molecule has 1 saturated carbocycles. The van der Waals surface area contributed by atoms with Gasteiger partial charge in [0.05, 0.1) is 17.8 Å². The van der Waals surface area contributed by atoms with Gasteiger partial charge >= 0.3 is 6.18 Å². The number of carbonyl (C=O) groups is 1. The molecule has 0 radical (unpaired) electrons. The molecule has 0 unspecified atom stereocenters. The lowest BCUT2D eigenvalue weighted by Crippen LogP contribution is -2.39. The van der Waals surface area contributed by atoms with E-state index in [4.69, 9.17) is 0 Å². The summed E-state index contributed by atoms with van der Waals surface area (Å²) < 4.78 is 42.7. The first-order chi connectivity index (χ1) is 13.9. The van der Waals surface area contributed by atoms with E-state index in [-0.39, 0.29) is 24.3 Å². The number of hydrogen-bond donors (Lipinski definition) is 1. The summed E-state index contributed by atoms with van der Waals surface area (Å²) in [6, 6.07) is 3.14. The lowest BCUT2D eigenvalue weighted by molar-refractivity contribution is -0.173. The highest BCUT2D eigenvalue weighted by molar-refractivity contribution is 7.10. The fraction of sp³-hybridized carbons (Fsp3) is 0.600. The number of carbonyl (C=O) groups excluding carboxylic acids is 1. The van der Waals surface area contributed by atoms with Crippen LogP contribution < -0.4 is 5.32 Å². The fourth-order valence-electron chi connectivity index (χ4n) is 4.50. The van der Waals surface area contributed by atoms with E-state index in [9.17, 15) is 18.0 Å². The number of nitrogens with zero attached hydrogens (tertiary/aromatic N) is 3. The van der Waals surface area contributed by atoms with E-state index >= 15 is 0 Å². The molecular formula is C20H23F3N4OS. The van der Waals surface area contributed by atoms with E-state index in [0.717, 1.165) is 41.7 Å². The lowest BCUT2D eigenvalue weighted by Gasteiger charge is -2.35. The maximum absolute atomic E-state index is 13.9. The Morgan fingerprint density at radius 1 is 1.24 bits per heavy atom. The van der Waals surface area contributed by atoms with E-state index in [1.54, 1.807) is 6.07 Å². The Bertz CT molecular complexity index is 890. The molecule has 2 aromatic rings. The number of alkyl halides is 3. The molecule has 2 aromatic heterocycles. The van der Waals surface area contributed by atoms with E-state index in [1.807, 2.05) is 22.4 Å². The zero-order valence-corrected chi connectivity index (χ0v) is 16.7. The summed E-state index contributed by atoms with van der Waals surface area (Å²) in [5.74, 6) is 0.617. The molecule has 29 heavy (non-hydrogen) atoms. The number of likely N-dealkylation sites (tertiary alicyclic amines) is 1. The summed E-state index contributed by atoms with van der Waals surface area (Å²) in [6.07, 6.45) is 0.00471. The Morgan fingerprint density at radius 3 is 2.76 bits per heavy atom. The number of nitrogens with one attached hydrogen (secondary N) is 1. The first-order valence-electron chi connectivity index (χ1n) is 10.2. The van der Waals surface area contributed by atoms with Gasteiger partial charge in [-0.2, -0.15) is 18.3 Å². The predicted molar refractivity (Wildman–Crippen MR) is 104 cm³/mol. The third-order valence-electron chi connectivity index (χ3n) is 6.15. The molecule has 1 aliphatic carbocycles. The van der Waals surface area contributed by atoms with Gasteiger partial charge in [0.15, 0.2) is 6.04 Å². The molecule has 0 bridgehead atoms. The largest absolute Gasteiger partial charge is 0.410 e. The van der Waals surface area contributed by atoms with Crippen molar-refractivity contribution < 1.29 is 18.0 Å². The van der Waals surface area contributed by atoms with Crippen molar-refractivity contribution in [3.05, 3.63) is 34.2 Å². The Balaban J connectivity index is 1.48. The van der Waals surface area contributed by atoms with Crippen LogP contribution in [0.1, 0.15) is 67.2 Å². The summed E-state index contributed by atoms with van der Waals surface area (Å²) in [5, 5.41) is 9.52. The predicted octanol–water partition coefficient (Wildman–Crippen LogP) is 5.07. The number of anilines is 1. The van der Waals surface area contributed by atoms with Crippen LogP contribution in [0.15, 0.2) is 23.6 Å². The quantitative estimate of drug-likeness (QED) is 0.749. The SMILES string of the molecule is O=C(C1CC1)N1CCCC[C@H]1c1cc2n(n1)[C@@H](C(F)(F)F)C[C@@H](c1cccs1)N2. The Kier molecular flexibility index (Phi) is 4.60. The van der Waals surface area contributed by atoms with E-state index in [2.05, 4.69) is 10.4 Å². The van der Waals surface area contributed by atoms with Crippen LogP contribution in [0.2, 0.25) is 0 Å². The summed E-state index contributed by atoms with van der Waals surface area (Å²) >= 11 is 1.45. The zero-order chi connectivity index (χ0) is 20.2. The lowest BCUT2D eigenvalue weighted by atomic mass is 9.98. The highest BCUT2D eigenvalue weighted by Crippen LogP contribution is 2.46. The molecule has 2 aliphatic heterocycles. The molecule has 1 saturated heterocycles. The summed E-state index contributed by atoms with van der Waals surface area (Å²) in [6.45, 7) is 0.663. The molecule has 0 spiro atoms. The number of piperidine rings is 1. The average molecular weight is 424 g/mol. The minimum Gasteiger partial charge on any atom is -0.363 e. The van der Waals surface area contributed by atoms with Gasteiger partial charge in [0.25, 0.3) is 0 Å². The van der Waals surface area contributed by atoms with Crippen molar-refractivity contribution in [2.45, 2.75) is 62.8 Å². The van der Waals surface area contributed by atoms with E-state index in [0.29, 0.717) is 18.1 Å². The second kappa shape index (κ2) is 7.04. The first-order valence-corrected chi connectivity index (χ1v) is 11.1. The molecule has 3 aliphatic rings. The van der Waals surface area contributed by atoms with Crippen LogP contribution in [0.3, 0.4) is 0 Å². The molecule has 9 heteroatoms. The first kappa shape index (κ1) is 19.0. The number of fused-ring (bicyclic) bond motifs is 1. The Labute approximate surface area is 170 Å². The van der Waals surface area contributed by atoms with Crippen LogP contribution in [0.4, 0.5) is 19.0 Å². The molecule has 5 nitrogen and oxygen atoms in total. The van der Waals surface area contributed by atoms with E-state index < -0.39 is 18.3 Å². The highest BCUT2D eigenvalue weighted by Gasteiger charge is 2.47. The number of thiophene rings is 1. The van der Waals surface area contributed by atoms with Crippen molar-refractivity contribution in [1.29, 1.82) is 0 Å². The third kappa shape index (κ3) is 3.53. The molecule has 0 aromatic carbocycles. The number of hydrogen-bond acceptors (Lipinski definition) is 4. The van der Waals surface area contributed by atoms with Gasteiger partial charge in [0, 0.05) is 29.8 Å². The molecule has 1 amide bonds. The van der Waals surface area contributed by atoms with Gasteiger partial charge < -0.3 is 10.2 Å². The summed E-state index contributed by atoms with van der Waals surface area (Å²) in [7, 11) is 0. The van der Waals surface area contributed by atoms with Crippen LogP contribution in [-0.4, -0.2) is 33.3 Å². The van der Waals surface area contributed by atoms with Gasteiger partial charge in [-0.05, 0) is 43.6 Å². The van der Waals surface area contributed by atoms with Crippen LogP contribution >= 0.6 is 11.3 Å². The van der Waals surface area contributed by atoms with Crippen molar-refractivity contribution in [2.75, 3.05) is 11.9 Å². The van der Waals surface area contributed by atoms with Gasteiger partial charge in [-0.15, -0.1) is 11.3 Å². The summed E-state index contributed by atoms with van der Waals surface area (Å²) in [4.78, 5) is 15.5. The van der Waals surface area contributed by atoms with Gasteiger partial charge in [0.1, 0.15) is 5.82 Å². The molecule has 3 atom stereocenters. The van der Waals surface area contributed by atoms with Crippen molar-refractivity contribution in [1.82, 2.24) is 14.7 Å². The molecule has 4 heterocycles. The smallest absolute Gasteiger partial charge is 0.363 e. The second-order valence-corrected chi connectivity index (χ2v) is 9.20. The van der Waals surface area contributed by atoms with Gasteiger partial charge in [-0.25, -0.2) is 4.68 Å². The maximum Gasteiger partial charge on any atom is 0.410 e. The third-order valence-corrected chi connectivity index (χ3v) is 7.14. The zero-order valence-electron chi connectivity index (χ0n) is 15.9. The van der Waals surface area contributed by atoms with Gasteiger partial charge in [-0.1, -0.05) is 6.07 Å². The van der Waals surface area contributed by atoms with Crippen LogP contribution in [-0.2, 0) is 4.79 Å². The van der Waals surface area contributed by atoms with Crippen LogP contribution in [0.25, 0.3) is 0 Å². The monoisotopic (exact) mass is 424 g/mol. The molecular weight excluding hydrogens is 401 g/mol. The fourth-order valence-corrected chi connectivity index (χ4v) is 5.29. The van der Waals surface area contributed by atoms with Crippen molar-refractivity contribution >= 4 is 23.1 Å². The van der Waals surface area contributed by atoms with Crippen molar-refractivity contribution in [2.24, 2.45) is 5.92 Å². The van der Waals surface area contributed by atoms with Crippen molar-refractivity contribution in [3.63, 3.8) is 0 Å². The molecule has 156 valence electrons. The summed E-state index contributed by atoms with van der Waals surface area (Å²) in [5.41, 5.74) is 0.572. The number of amides is 1.